The first-order chi connectivity index (χ1) is 16.0. The van der Waals surface area contributed by atoms with Crippen LogP contribution in [-0.4, -0.2) is 56.1 Å². The van der Waals surface area contributed by atoms with Gasteiger partial charge in [-0.15, -0.1) is 10.2 Å². The Balaban J connectivity index is 0.00000274. The molecule has 0 unspecified atom stereocenters. The summed E-state index contributed by atoms with van der Waals surface area (Å²) in [5.74, 6) is -0.473. The first-order valence-electron chi connectivity index (χ1n) is 10.7. The molecule has 3 heterocycles. The molecule has 1 amide bonds. The average Bonchev–Trinajstić information content (AvgIpc) is 3.46. The Morgan fingerprint density at radius 3 is 2.44 bits per heavy atom. The number of nitrogens with one attached hydrogen (secondary N) is 1. The van der Waals surface area contributed by atoms with E-state index < -0.39 is 5.97 Å². The standard InChI is InChI=1S/C23H22N6O4.Li/c30-20(29-7-5-14(6-8-29)22(31)32)11-19-27-28-21(33-19)17-12-24-23(25-13-17)26-18-9-15-3-1-2-4-16(15)10-18;/h1-5,12-13,18H,6-11H2,(H,31,32)(H,24,25,26);/q;+1/p-1. The van der Waals surface area contributed by atoms with Crippen LogP contribution >= 0.6 is 0 Å². The van der Waals surface area contributed by atoms with Crippen LogP contribution in [0.15, 0.2) is 52.7 Å². The van der Waals surface area contributed by atoms with Gasteiger partial charge >= 0.3 is 18.9 Å². The van der Waals surface area contributed by atoms with Gasteiger partial charge in [0, 0.05) is 31.5 Å². The van der Waals surface area contributed by atoms with Gasteiger partial charge in [0.2, 0.25) is 17.7 Å². The average molecular weight is 452 g/mol. The second-order valence-corrected chi connectivity index (χ2v) is 8.10. The van der Waals surface area contributed by atoms with Gasteiger partial charge < -0.3 is 24.5 Å². The number of aromatic nitrogens is 4. The van der Waals surface area contributed by atoms with Crippen LogP contribution in [0.2, 0.25) is 0 Å². The third kappa shape index (κ3) is 5.19. The summed E-state index contributed by atoms with van der Waals surface area (Å²) in [6.07, 6.45) is 6.76. The first kappa shape index (κ1) is 23.7. The number of nitrogens with zero attached hydrogens (tertiary/aromatic N) is 5. The molecule has 10 nitrogen and oxygen atoms in total. The van der Waals surface area contributed by atoms with Crippen LogP contribution in [0, 0.1) is 0 Å². The van der Waals surface area contributed by atoms with E-state index in [0.717, 1.165) is 12.8 Å². The molecule has 1 aromatic carbocycles. The van der Waals surface area contributed by atoms with Gasteiger partial charge in [0.25, 0.3) is 5.89 Å². The van der Waals surface area contributed by atoms with Gasteiger partial charge in [0.1, 0.15) is 6.42 Å². The van der Waals surface area contributed by atoms with E-state index >= 15 is 0 Å². The molecule has 0 radical (unpaired) electrons. The fourth-order valence-electron chi connectivity index (χ4n) is 4.12. The molecular weight excluding hydrogens is 431 g/mol. The maximum absolute atomic E-state index is 12.5. The van der Waals surface area contributed by atoms with Crippen LogP contribution in [0.25, 0.3) is 11.5 Å². The van der Waals surface area contributed by atoms with Crippen molar-refractivity contribution in [2.75, 3.05) is 18.4 Å². The second kappa shape index (κ2) is 10.2. The minimum Gasteiger partial charge on any atom is -0.545 e. The Labute approximate surface area is 207 Å². The van der Waals surface area contributed by atoms with Crippen molar-refractivity contribution in [1.82, 2.24) is 25.1 Å². The molecule has 0 atom stereocenters. The normalized spacial score (nSPS) is 15.3. The Hall–Kier alpha value is -3.48. The van der Waals surface area contributed by atoms with Crippen LogP contribution in [-0.2, 0) is 28.9 Å². The summed E-state index contributed by atoms with van der Waals surface area (Å²) >= 11 is 0. The number of amides is 1. The quantitative estimate of drug-likeness (QED) is 0.405. The summed E-state index contributed by atoms with van der Waals surface area (Å²) in [6, 6.07) is 8.64. The number of hydrogen-bond donors (Lipinski definition) is 1. The SMILES string of the molecule is O=C([O-])C1=CCN(C(=O)Cc2nnc(-c3cnc(NC4Cc5ccccc5C4)nc3)o2)CC1.[Li+]. The number of rotatable bonds is 6. The smallest absolute Gasteiger partial charge is 0.545 e. The molecule has 34 heavy (non-hydrogen) atoms. The van der Waals surface area contributed by atoms with Crippen LogP contribution in [0.4, 0.5) is 5.95 Å². The van der Waals surface area contributed by atoms with E-state index in [1.165, 1.54) is 17.2 Å². The van der Waals surface area contributed by atoms with Crippen molar-refractivity contribution in [3.8, 4) is 11.5 Å². The van der Waals surface area contributed by atoms with E-state index in [9.17, 15) is 14.7 Å². The van der Waals surface area contributed by atoms with E-state index in [1.807, 2.05) is 0 Å². The molecule has 0 bridgehead atoms. The Bertz CT molecular complexity index is 1200. The van der Waals surface area contributed by atoms with Gasteiger partial charge in [-0.05, 0) is 36.0 Å². The molecule has 1 aliphatic carbocycles. The molecule has 3 aromatic rings. The molecule has 0 saturated carbocycles. The third-order valence-corrected chi connectivity index (χ3v) is 5.88. The van der Waals surface area contributed by atoms with Crippen LogP contribution in [0.5, 0.6) is 0 Å². The third-order valence-electron chi connectivity index (χ3n) is 5.88. The fourth-order valence-corrected chi connectivity index (χ4v) is 4.12. The Morgan fingerprint density at radius 2 is 1.82 bits per heavy atom. The summed E-state index contributed by atoms with van der Waals surface area (Å²) in [6.45, 7) is 0.533. The van der Waals surface area contributed by atoms with Gasteiger partial charge in [-0.25, -0.2) is 9.97 Å². The molecule has 168 valence electrons. The molecular formula is C23H21LiN6O4. The number of aliphatic carboxylic acids is 1. The molecule has 0 spiro atoms. The summed E-state index contributed by atoms with van der Waals surface area (Å²) in [7, 11) is 0. The van der Waals surface area contributed by atoms with Gasteiger partial charge in [-0.2, -0.15) is 0 Å². The monoisotopic (exact) mass is 452 g/mol. The van der Waals surface area contributed by atoms with Crippen LogP contribution < -0.4 is 29.3 Å². The number of carbonyl (C=O) groups is 2. The summed E-state index contributed by atoms with van der Waals surface area (Å²) in [5.41, 5.74) is 3.47. The largest absolute Gasteiger partial charge is 1.00 e. The summed E-state index contributed by atoms with van der Waals surface area (Å²) < 4.78 is 5.62. The molecule has 5 rings (SSSR count). The first-order valence-corrected chi connectivity index (χ1v) is 10.7. The molecule has 2 aromatic heterocycles. The number of anilines is 1. The maximum Gasteiger partial charge on any atom is 1.00 e. The number of carbonyl (C=O) groups excluding carboxylic acids is 2. The zero-order valence-corrected chi connectivity index (χ0v) is 18.7. The van der Waals surface area contributed by atoms with E-state index in [0.29, 0.717) is 18.1 Å². The predicted molar refractivity (Wildman–Crippen MR) is 115 cm³/mol. The zero-order valence-electron chi connectivity index (χ0n) is 18.7. The van der Waals surface area contributed by atoms with Gasteiger partial charge in [0.15, 0.2) is 0 Å². The van der Waals surface area contributed by atoms with Gasteiger partial charge in [-0.3, -0.25) is 4.79 Å². The Morgan fingerprint density at radius 1 is 1.12 bits per heavy atom. The van der Waals surface area contributed by atoms with Crippen molar-refractivity contribution in [2.24, 2.45) is 0 Å². The minimum atomic E-state index is -1.19. The summed E-state index contributed by atoms with van der Waals surface area (Å²) in [5, 5.41) is 22.2. The fraction of sp³-hybridized carbons (Fsp3) is 0.304. The zero-order chi connectivity index (χ0) is 22.8. The van der Waals surface area contributed by atoms with Crippen molar-refractivity contribution in [1.29, 1.82) is 0 Å². The van der Waals surface area contributed by atoms with E-state index in [2.05, 4.69) is 49.7 Å². The summed E-state index contributed by atoms with van der Waals surface area (Å²) in [4.78, 5) is 33.6. The van der Waals surface area contributed by atoms with Gasteiger partial charge in [0.05, 0.1) is 11.5 Å². The van der Waals surface area contributed by atoms with Crippen molar-refractivity contribution in [3.63, 3.8) is 0 Å². The van der Waals surface area contributed by atoms with Crippen LogP contribution in [0.1, 0.15) is 23.4 Å². The van der Waals surface area contributed by atoms with Crippen LogP contribution in [0.3, 0.4) is 0 Å². The molecule has 2 aliphatic rings. The van der Waals surface area contributed by atoms with Crippen molar-refractivity contribution in [3.05, 3.63) is 65.3 Å². The molecule has 11 heteroatoms. The van der Waals surface area contributed by atoms with Crippen molar-refractivity contribution < 1.29 is 38.0 Å². The van der Waals surface area contributed by atoms with Crippen molar-refractivity contribution >= 4 is 17.8 Å². The van der Waals surface area contributed by atoms with E-state index in [4.69, 9.17) is 4.42 Å². The van der Waals surface area contributed by atoms with Gasteiger partial charge in [-0.1, -0.05) is 30.3 Å². The molecule has 0 fully saturated rings. The minimum absolute atomic E-state index is 0. The number of carboxylic acids is 1. The second-order valence-electron chi connectivity index (χ2n) is 8.10. The number of fused-ring (bicyclic) bond motifs is 1. The number of hydrogen-bond acceptors (Lipinski definition) is 9. The topological polar surface area (TPSA) is 137 Å². The number of carboxylic acid groups (broad SMARTS) is 1. The Kier molecular flexibility index (Phi) is 7.10. The molecule has 0 saturated heterocycles. The van der Waals surface area contributed by atoms with E-state index in [1.54, 1.807) is 17.3 Å². The number of benzene rings is 1. The molecule has 1 aliphatic heterocycles. The van der Waals surface area contributed by atoms with E-state index in [-0.39, 0.29) is 67.6 Å². The predicted octanol–water partition coefficient (Wildman–Crippen LogP) is -2.44. The van der Waals surface area contributed by atoms with Crippen molar-refractivity contribution in [2.45, 2.75) is 31.7 Å². The maximum atomic E-state index is 12.5. The molecule has 1 N–H and O–H groups in total.